The third-order valence-electron chi connectivity index (χ3n) is 2.92. The number of nitrogens with zero attached hydrogens (tertiary/aromatic N) is 1. The fourth-order valence-corrected chi connectivity index (χ4v) is 2.53. The summed E-state index contributed by atoms with van der Waals surface area (Å²) >= 11 is 1.81. The molecule has 1 aromatic carbocycles. The van der Waals surface area contributed by atoms with Crippen molar-refractivity contribution < 1.29 is 0 Å². The van der Waals surface area contributed by atoms with Gasteiger partial charge in [-0.15, -0.1) is 11.8 Å². The predicted molar refractivity (Wildman–Crippen MR) is 79.2 cm³/mol. The number of nitrogens with one attached hydrogen (secondary N) is 1. The van der Waals surface area contributed by atoms with Crippen molar-refractivity contribution in [2.24, 2.45) is 0 Å². The molecule has 96 valence electrons. The van der Waals surface area contributed by atoms with Gasteiger partial charge in [0.2, 0.25) is 0 Å². The lowest BCUT2D eigenvalue weighted by molar-refractivity contribution is 0.348. The molecule has 2 nitrogen and oxygen atoms in total. The lowest BCUT2D eigenvalue weighted by atomic mass is 10.2. The maximum atomic E-state index is 3.52. The summed E-state index contributed by atoms with van der Waals surface area (Å²) in [5, 5.41) is 3.52. The number of anilines is 1. The topological polar surface area (TPSA) is 15.3 Å². The van der Waals surface area contributed by atoms with E-state index < -0.39 is 0 Å². The van der Waals surface area contributed by atoms with E-state index in [-0.39, 0.29) is 0 Å². The van der Waals surface area contributed by atoms with E-state index in [1.807, 2.05) is 11.8 Å². The van der Waals surface area contributed by atoms with Crippen LogP contribution in [0, 0.1) is 6.92 Å². The molecular weight excluding hydrogens is 228 g/mol. The molecule has 0 unspecified atom stereocenters. The molecule has 0 fully saturated rings. The van der Waals surface area contributed by atoms with Gasteiger partial charge >= 0.3 is 0 Å². The average Bonchev–Trinajstić information content (AvgIpc) is 2.32. The Morgan fingerprint density at radius 2 is 2.06 bits per heavy atom. The van der Waals surface area contributed by atoms with Gasteiger partial charge in [0.1, 0.15) is 0 Å². The van der Waals surface area contributed by atoms with Crippen LogP contribution in [0.15, 0.2) is 23.1 Å². The molecule has 0 bridgehead atoms. The van der Waals surface area contributed by atoms with Crippen molar-refractivity contribution in [1.82, 2.24) is 4.90 Å². The lowest BCUT2D eigenvalue weighted by Gasteiger charge is -2.17. The van der Waals surface area contributed by atoms with Gasteiger partial charge in [-0.1, -0.05) is 13.0 Å². The number of hydrogen-bond acceptors (Lipinski definition) is 3. The lowest BCUT2D eigenvalue weighted by Crippen LogP contribution is -2.25. The Balaban J connectivity index is 2.46. The van der Waals surface area contributed by atoms with Gasteiger partial charge in [-0.05, 0) is 50.9 Å². The highest BCUT2D eigenvalue weighted by molar-refractivity contribution is 7.98. The largest absolute Gasteiger partial charge is 0.384 e. The summed E-state index contributed by atoms with van der Waals surface area (Å²) < 4.78 is 0. The zero-order valence-electron chi connectivity index (χ0n) is 11.4. The first kappa shape index (κ1) is 14.4. The van der Waals surface area contributed by atoms with Crippen LogP contribution in [0.3, 0.4) is 0 Å². The van der Waals surface area contributed by atoms with Crippen LogP contribution >= 0.6 is 11.8 Å². The Hall–Kier alpha value is -0.670. The Bertz CT molecular complexity index is 339. The zero-order valence-corrected chi connectivity index (χ0v) is 12.2. The second-order valence-corrected chi connectivity index (χ2v) is 5.21. The summed E-state index contributed by atoms with van der Waals surface area (Å²) in [7, 11) is 2.18. The fraction of sp³-hybridized carbons (Fsp3) is 0.571. The monoisotopic (exact) mass is 252 g/mol. The van der Waals surface area contributed by atoms with Crippen LogP contribution in [-0.2, 0) is 0 Å². The number of hydrogen-bond donors (Lipinski definition) is 1. The molecule has 0 saturated carbocycles. The minimum atomic E-state index is 1.01. The van der Waals surface area contributed by atoms with E-state index in [1.54, 1.807) is 0 Å². The summed E-state index contributed by atoms with van der Waals surface area (Å²) in [6, 6.07) is 6.46. The zero-order chi connectivity index (χ0) is 12.7. The molecule has 3 heteroatoms. The predicted octanol–water partition coefficient (Wildman–Crippen LogP) is 3.47. The Kier molecular flexibility index (Phi) is 6.45. The minimum Gasteiger partial charge on any atom is -0.384 e. The number of benzene rings is 1. The van der Waals surface area contributed by atoms with Crippen molar-refractivity contribution in [2.45, 2.75) is 25.2 Å². The highest BCUT2D eigenvalue weighted by atomic mass is 32.2. The van der Waals surface area contributed by atoms with E-state index in [4.69, 9.17) is 0 Å². The second-order valence-electron chi connectivity index (χ2n) is 4.36. The van der Waals surface area contributed by atoms with Gasteiger partial charge in [-0.3, -0.25) is 0 Å². The van der Waals surface area contributed by atoms with E-state index >= 15 is 0 Å². The van der Waals surface area contributed by atoms with Gasteiger partial charge in [0.15, 0.2) is 0 Å². The first-order valence-corrected chi connectivity index (χ1v) is 7.47. The normalized spacial score (nSPS) is 10.9. The summed E-state index contributed by atoms with van der Waals surface area (Å²) in [6.45, 7) is 7.68. The van der Waals surface area contributed by atoms with Crippen LogP contribution in [0.1, 0.15) is 18.9 Å². The van der Waals surface area contributed by atoms with E-state index in [0.29, 0.717) is 0 Å². The summed E-state index contributed by atoms with van der Waals surface area (Å²) in [5.41, 5.74) is 2.62. The molecule has 0 heterocycles. The standard InChI is InChI=1S/C14H24N2S/c1-5-10-16(3)11-9-15-13-7-6-8-14(17-4)12(13)2/h6-8,15H,5,9-11H2,1-4H3. The molecule has 0 aromatic heterocycles. The first-order valence-electron chi connectivity index (χ1n) is 6.25. The molecule has 0 saturated heterocycles. The number of thioether (sulfide) groups is 1. The van der Waals surface area contributed by atoms with Crippen LogP contribution in [0.5, 0.6) is 0 Å². The van der Waals surface area contributed by atoms with Gasteiger partial charge in [-0.25, -0.2) is 0 Å². The van der Waals surface area contributed by atoms with Crippen molar-refractivity contribution in [3.63, 3.8) is 0 Å². The van der Waals surface area contributed by atoms with Crippen LogP contribution in [0.4, 0.5) is 5.69 Å². The van der Waals surface area contributed by atoms with E-state index in [0.717, 1.165) is 13.1 Å². The van der Waals surface area contributed by atoms with Gasteiger partial charge < -0.3 is 10.2 Å². The van der Waals surface area contributed by atoms with E-state index in [1.165, 1.54) is 29.1 Å². The minimum absolute atomic E-state index is 1.01. The molecule has 17 heavy (non-hydrogen) atoms. The Morgan fingerprint density at radius 1 is 1.29 bits per heavy atom. The van der Waals surface area contributed by atoms with Crippen LogP contribution in [-0.4, -0.2) is 37.8 Å². The maximum Gasteiger partial charge on any atom is 0.0381 e. The molecule has 0 atom stereocenters. The quantitative estimate of drug-likeness (QED) is 0.748. The molecule has 1 rings (SSSR count). The summed E-state index contributed by atoms with van der Waals surface area (Å²) in [6.07, 6.45) is 3.35. The van der Waals surface area contributed by atoms with Crippen molar-refractivity contribution in [3.05, 3.63) is 23.8 Å². The van der Waals surface area contributed by atoms with Gasteiger partial charge in [0.25, 0.3) is 0 Å². The molecule has 0 aliphatic carbocycles. The molecule has 1 N–H and O–H groups in total. The van der Waals surface area contributed by atoms with E-state index in [2.05, 4.69) is 55.6 Å². The summed E-state index contributed by atoms with van der Waals surface area (Å²) in [5.74, 6) is 0. The molecule has 0 amide bonds. The number of rotatable bonds is 7. The molecule has 0 radical (unpaired) electrons. The Morgan fingerprint density at radius 3 is 2.71 bits per heavy atom. The van der Waals surface area contributed by atoms with Gasteiger partial charge in [0, 0.05) is 23.7 Å². The highest BCUT2D eigenvalue weighted by Gasteiger charge is 2.02. The van der Waals surface area contributed by atoms with Crippen molar-refractivity contribution in [3.8, 4) is 0 Å². The van der Waals surface area contributed by atoms with Crippen molar-refractivity contribution in [2.75, 3.05) is 38.3 Å². The number of likely N-dealkylation sites (N-methyl/N-ethyl adjacent to an activating group) is 1. The van der Waals surface area contributed by atoms with Crippen LogP contribution < -0.4 is 5.32 Å². The SMILES string of the molecule is CCCN(C)CCNc1cccc(SC)c1C. The summed E-state index contributed by atoms with van der Waals surface area (Å²) in [4.78, 5) is 3.72. The smallest absolute Gasteiger partial charge is 0.0381 e. The maximum absolute atomic E-state index is 3.52. The molecule has 0 spiro atoms. The third kappa shape index (κ3) is 4.60. The fourth-order valence-electron chi connectivity index (χ4n) is 1.90. The first-order chi connectivity index (χ1) is 8.19. The molecule has 1 aromatic rings. The molecular formula is C14H24N2S. The molecule has 0 aliphatic heterocycles. The van der Waals surface area contributed by atoms with Crippen LogP contribution in [0.2, 0.25) is 0 Å². The van der Waals surface area contributed by atoms with Crippen molar-refractivity contribution in [1.29, 1.82) is 0 Å². The third-order valence-corrected chi connectivity index (χ3v) is 3.80. The highest BCUT2D eigenvalue weighted by Crippen LogP contribution is 2.25. The van der Waals surface area contributed by atoms with Gasteiger partial charge in [0.05, 0.1) is 0 Å². The van der Waals surface area contributed by atoms with E-state index in [9.17, 15) is 0 Å². The van der Waals surface area contributed by atoms with Crippen LogP contribution in [0.25, 0.3) is 0 Å². The Labute approximate surface area is 110 Å². The average molecular weight is 252 g/mol. The van der Waals surface area contributed by atoms with Crippen molar-refractivity contribution >= 4 is 17.4 Å². The second kappa shape index (κ2) is 7.62. The molecule has 0 aliphatic rings. The van der Waals surface area contributed by atoms with Gasteiger partial charge in [-0.2, -0.15) is 0 Å².